The zero-order valence-corrected chi connectivity index (χ0v) is 13.2. The topological polar surface area (TPSA) is 61.6 Å². The number of nitrogens with zero attached hydrogens (tertiary/aromatic N) is 2. The molecule has 5 nitrogen and oxygen atoms in total. The quantitative estimate of drug-likeness (QED) is 0.826. The molecule has 1 amide bonds. The highest BCUT2D eigenvalue weighted by atomic mass is 16.2. The molecule has 1 aromatic rings. The van der Waals surface area contributed by atoms with Crippen molar-refractivity contribution < 1.29 is 4.79 Å². The minimum atomic E-state index is 0.0235. The lowest BCUT2D eigenvalue weighted by molar-refractivity contribution is -0.118. The molecule has 3 N–H and O–H groups in total. The summed E-state index contributed by atoms with van der Waals surface area (Å²) in [5, 5.41) is 2.92. The van der Waals surface area contributed by atoms with E-state index in [4.69, 9.17) is 5.73 Å². The van der Waals surface area contributed by atoms with E-state index < -0.39 is 0 Å². The number of hydrogen-bond donors (Lipinski definition) is 2. The first-order valence-corrected chi connectivity index (χ1v) is 7.62. The maximum absolute atomic E-state index is 12.1. The molecule has 1 aliphatic heterocycles. The Balaban J connectivity index is 1.86. The second-order valence-corrected chi connectivity index (χ2v) is 5.83. The van der Waals surface area contributed by atoms with E-state index in [0.717, 1.165) is 37.4 Å². The molecule has 5 heteroatoms. The lowest BCUT2D eigenvalue weighted by atomic mass is 10.2. The molecule has 2 rings (SSSR count). The molecule has 21 heavy (non-hydrogen) atoms. The molecule has 0 aromatic heterocycles. The second-order valence-electron chi connectivity index (χ2n) is 5.83. The van der Waals surface area contributed by atoms with E-state index in [2.05, 4.69) is 29.0 Å². The number of nitrogens with one attached hydrogen (secondary N) is 1. The number of piperazine rings is 1. The fourth-order valence-electron chi connectivity index (χ4n) is 2.81. The monoisotopic (exact) mass is 290 g/mol. The molecule has 116 valence electrons. The Kier molecular flexibility index (Phi) is 5.20. The van der Waals surface area contributed by atoms with Crippen LogP contribution in [0, 0.1) is 6.92 Å². The number of anilines is 2. The van der Waals surface area contributed by atoms with E-state index >= 15 is 0 Å². The van der Waals surface area contributed by atoms with Crippen molar-refractivity contribution >= 4 is 17.3 Å². The molecule has 1 saturated heterocycles. The Morgan fingerprint density at radius 3 is 2.81 bits per heavy atom. The van der Waals surface area contributed by atoms with Gasteiger partial charge in [0.15, 0.2) is 0 Å². The van der Waals surface area contributed by atoms with Crippen LogP contribution in [0.5, 0.6) is 0 Å². The first kappa shape index (κ1) is 15.8. The predicted molar refractivity (Wildman–Crippen MR) is 87.4 cm³/mol. The largest absolute Gasteiger partial charge is 0.398 e. The minimum absolute atomic E-state index is 0.0235. The summed E-state index contributed by atoms with van der Waals surface area (Å²) < 4.78 is 0. The lowest BCUT2D eigenvalue weighted by Crippen LogP contribution is -2.53. The van der Waals surface area contributed by atoms with Gasteiger partial charge in [0, 0.05) is 37.1 Å². The first-order chi connectivity index (χ1) is 9.99. The van der Waals surface area contributed by atoms with Gasteiger partial charge in [-0.05, 0) is 38.1 Å². The second kappa shape index (κ2) is 6.91. The summed E-state index contributed by atoms with van der Waals surface area (Å²) in [5.74, 6) is 0.0235. The van der Waals surface area contributed by atoms with E-state index in [9.17, 15) is 4.79 Å². The van der Waals surface area contributed by atoms with E-state index in [-0.39, 0.29) is 5.91 Å². The third-order valence-corrected chi connectivity index (χ3v) is 4.19. The van der Waals surface area contributed by atoms with Crippen LogP contribution in [-0.2, 0) is 4.79 Å². The Hall–Kier alpha value is -1.59. The zero-order valence-electron chi connectivity index (χ0n) is 13.2. The Morgan fingerprint density at radius 2 is 2.19 bits per heavy atom. The maximum Gasteiger partial charge on any atom is 0.238 e. The van der Waals surface area contributed by atoms with E-state index in [1.807, 2.05) is 25.1 Å². The number of likely N-dealkylation sites (N-methyl/N-ethyl adjacent to an activating group) is 1. The summed E-state index contributed by atoms with van der Waals surface area (Å²) in [5.41, 5.74) is 8.36. The summed E-state index contributed by atoms with van der Waals surface area (Å²) in [6.07, 6.45) is 0. The van der Waals surface area contributed by atoms with Gasteiger partial charge in [-0.2, -0.15) is 0 Å². The van der Waals surface area contributed by atoms with Gasteiger partial charge in [0.2, 0.25) is 5.91 Å². The Labute approximate surface area is 127 Å². The van der Waals surface area contributed by atoms with E-state index in [1.165, 1.54) is 0 Å². The third kappa shape index (κ3) is 4.19. The van der Waals surface area contributed by atoms with Crippen molar-refractivity contribution in [1.82, 2.24) is 9.80 Å². The van der Waals surface area contributed by atoms with Crippen LogP contribution >= 0.6 is 0 Å². The molecule has 1 aromatic carbocycles. The summed E-state index contributed by atoms with van der Waals surface area (Å²) >= 11 is 0. The lowest BCUT2D eigenvalue weighted by Gasteiger charge is -2.38. The van der Waals surface area contributed by atoms with Gasteiger partial charge in [-0.1, -0.05) is 13.0 Å². The fourth-order valence-corrected chi connectivity index (χ4v) is 2.81. The van der Waals surface area contributed by atoms with E-state index in [0.29, 0.717) is 18.3 Å². The Bertz CT molecular complexity index is 503. The molecule has 0 aliphatic carbocycles. The normalized spacial score (nSPS) is 20.4. The van der Waals surface area contributed by atoms with Crippen LogP contribution in [0.25, 0.3) is 0 Å². The molecule has 1 heterocycles. The van der Waals surface area contributed by atoms with Crippen LogP contribution in [0.4, 0.5) is 11.4 Å². The molecule has 1 aliphatic rings. The maximum atomic E-state index is 12.1. The van der Waals surface area contributed by atoms with Crippen molar-refractivity contribution in [2.45, 2.75) is 26.8 Å². The van der Waals surface area contributed by atoms with Crippen LogP contribution in [0.2, 0.25) is 0 Å². The molecular weight excluding hydrogens is 264 g/mol. The highest BCUT2D eigenvalue weighted by Gasteiger charge is 2.23. The standard InChI is InChI=1S/C16H26N4O/c1-4-20-8-7-19(10-13(20)3)11-16(21)18-14-6-5-12(2)15(17)9-14/h5-6,9,13H,4,7-8,10-11,17H2,1-3H3,(H,18,21). The average molecular weight is 290 g/mol. The highest BCUT2D eigenvalue weighted by Crippen LogP contribution is 2.17. The summed E-state index contributed by atoms with van der Waals surface area (Å²) in [7, 11) is 0. The molecule has 0 saturated carbocycles. The van der Waals surface area contributed by atoms with Crippen molar-refractivity contribution in [2.75, 3.05) is 43.8 Å². The summed E-state index contributed by atoms with van der Waals surface area (Å²) in [6.45, 7) is 10.8. The van der Waals surface area contributed by atoms with Gasteiger partial charge >= 0.3 is 0 Å². The number of benzene rings is 1. The summed E-state index contributed by atoms with van der Waals surface area (Å²) in [6, 6.07) is 6.13. The number of nitrogens with two attached hydrogens (primary N) is 1. The Morgan fingerprint density at radius 1 is 1.43 bits per heavy atom. The number of rotatable bonds is 4. The predicted octanol–water partition coefficient (Wildman–Crippen LogP) is 1.54. The van der Waals surface area contributed by atoms with Gasteiger partial charge in [0.1, 0.15) is 0 Å². The summed E-state index contributed by atoms with van der Waals surface area (Å²) in [4.78, 5) is 16.8. The van der Waals surface area contributed by atoms with Gasteiger partial charge in [-0.3, -0.25) is 14.6 Å². The fraction of sp³-hybridized carbons (Fsp3) is 0.562. The SMILES string of the molecule is CCN1CCN(CC(=O)Nc2ccc(C)c(N)c2)CC1C. The van der Waals surface area contributed by atoms with Crippen molar-refractivity contribution in [3.63, 3.8) is 0 Å². The third-order valence-electron chi connectivity index (χ3n) is 4.19. The van der Waals surface area contributed by atoms with Crippen LogP contribution in [0.1, 0.15) is 19.4 Å². The number of amides is 1. The highest BCUT2D eigenvalue weighted by molar-refractivity contribution is 5.92. The zero-order chi connectivity index (χ0) is 15.4. The number of carbonyl (C=O) groups is 1. The number of carbonyl (C=O) groups excluding carboxylic acids is 1. The van der Waals surface area contributed by atoms with Gasteiger partial charge in [-0.15, -0.1) is 0 Å². The molecule has 0 bridgehead atoms. The van der Waals surface area contributed by atoms with Gasteiger partial charge < -0.3 is 11.1 Å². The number of nitrogen functional groups attached to an aromatic ring is 1. The van der Waals surface area contributed by atoms with Gasteiger partial charge in [0.05, 0.1) is 6.54 Å². The van der Waals surface area contributed by atoms with Crippen LogP contribution in [-0.4, -0.2) is 54.5 Å². The van der Waals surface area contributed by atoms with E-state index in [1.54, 1.807) is 0 Å². The van der Waals surface area contributed by atoms with Crippen molar-refractivity contribution in [3.05, 3.63) is 23.8 Å². The molecule has 0 radical (unpaired) electrons. The molecule has 1 atom stereocenters. The van der Waals surface area contributed by atoms with Gasteiger partial charge in [0.25, 0.3) is 0 Å². The van der Waals surface area contributed by atoms with Crippen molar-refractivity contribution in [2.24, 2.45) is 0 Å². The molecule has 1 fully saturated rings. The molecular formula is C16H26N4O. The van der Waals surface area contributed by atoms with Crippen LogP contribution in [0.15, 0.2) is 18.2 Å². The van der Waals surface area contributed by atoms with Crippen LogP contribution < -0.4 is 11.1 Å². The first-order valence-electron chi connectivity index (χ1n) is 7.62. The number of hydrogen-bond acceptors (Lipinski definition) is 4. The minimum Gasteiger partial charge on any atom is -0.398 e. The smallest absolute Gasteiger partial charge is 0.238 e. The van der Waals surface area contributed by atoms with Gasteiger partial charge in [-0.25, -0.2) is 0 Å². The van der Waals surface area contributed by atoms with Crippen LogP contribution in [0.3, 0.4) is 0 Å². The van der Waals surface area contributed by atoms with Crippen molar-refractivity contribution in [3.8, 4) is 0 Å². The van der Waals surface area contributed by atoms with Crippen molar-refractivity contribution in [1.29, 1.82) is 0 Å². The molecule has 1 unspecified atom stereocenters. The number of aryl methyl sites for hydroxylation is 1. The average Bonchev–Trinajstić information content (AvgIpc) is 2.43. The molecule has 0 spiro atoms.